The number of aromatic hydroxyl groups is 1. The van der Waals surface area contributed by atoms with Crippen molar-refractivity contribution >= 4 is 51.2 Å². The fourth-order valence-corrected chi connectivity index (χ4v) is 4.80. The van der Waals surface area contributed by atoms with Crippen molar-refractivity contribution < 1.29 is 14.6 Å². The number of hydrogen-bond donors (Lipinski definition) is 2. The maximum absolute atomic E-state index is 12.9. The van der Waals surface area contributed by atoms with E-state index in [0.717, 1.165) is 5.56 Å². The first-order valence-corrected chi connectivity index (χ1v) is 12.1. The molecule has 33 heavy (non-hydrogen) atoms. The van der Waals surface area contributed by atoms with E-state index in [2.05, 4.69) is 37.9 Å². The Morgan fingerprint density at radius 3 is 2.91 bits per heavy atom. The van der Waals surface area contributed by atoms with Crippen LogP contribution in [0.1, 0.15) is 24.1 Å². The minimum absolute atomic E-state index is 0.0532. The molecule has 2 aromatic carbocycles. The van der Waals surface area contributed by atoms with Crippen LogP contribution in [0.5, 0.6) is 5.75 Å². The highest BCUT2D eigenvalue weighted by Gasteiger charge is 2.35. The summed E-state index contributed by atoms with van der Waals surface area (Å²) in [5, 5.41) is 19.3. The lowest BCUT2D eigenvalue weighted by atomic mass is 9.95. The van der Waals surface area contributed by atoms with Gasteiger partial charge in [-0.15, -0.1) is 5.10 Å². The highest BCUT2D eigenvalue weighted by molar-refractivity contribution is 9.10. The summed E-state index contributed by atoms with van der Waals surface area (Å²) >= 11 is 11.0. The largest absolute Gasteiger partial charge is 0.507 e. The van der Waals surface area contributed by atoms with Gasteiger partial charge in [0.15, 0.2) is 0 Å². The van der Waals surface area contributed by atoms with Crippen molar-refractivity contribution in [1.29, 1.82) is 0 Å². The predicted molar refractivity (Wildman–Crippen MR) is 132 cm³/mol. The minimum Gasteiger partial charge on any atom is -0.507 e. The summed E-state index contributed by atoms with van der Waals surface area (Å²) in [5.74, 6) is 0.631. The first-order chi connectivity index (χ1) is 15.9. The third-order valence-electron chi connectivity index (χ3n) is 4.99. The molecule has 0 bridgehead atoms. The van der Waals surface area contributed by atoms with Gasteiger partial charge < -0.3 is 15.2 Å². The van der Waals surface area contributed by atoms with Gasteiger partial charge in [-0.3, -0.25) is 0 Å². The number of allylic oxidation sites excluding steroid dienone is 1. The van der Waals surface area contributed by atoms with Crippen molar-refractivity contribution in [1.82, 2.24) is 14.8 Å². The van der Waals surface area contributed by atoms with Crippen LogP contribution in [0.25, 0.3) is 0 Å². The van der Waals surface area contributed by atoms with E-state index in [-0.39, 0.29) is 12.4 Å². The minimum atomic E-state index is -0.639. The van der Waals surface area contributed by atoms with Crippen LogP contribution in [0.3, 0.4) is 0 Å². The van der Waals surface area contributed by atoms with E-state index in [4.69, 9.17) is 16.3 Å². The Balaban J connectivity index is 1.72. The molecular weight excluding hydrogens is 528 g/mol. The molecule has 4 rings (SSSR count). The quantitative estimate of drug-likeness (QED) is 0.222. The Labute approximate surface area is 208 Å². The number of ether oxygens (including phenoxy) is 1. The molecule has 2 heterocycles. The summed E-state index contributed by atoms with van der Waals surface area (Å²) in [5.41, 5.74) is 2.61. The number of carbonyl (C=O) groups is 1. The molecule has 1 aliphatic heterocycles. The van der Waals surface area contributed by atoms with Gasteiger partial charge in [-0.2, -0.15) is 4.98 Å². The first kappa shape index (κ1) is 23.4. The number of nitrogens with one attached hydrogen (secondary N) is 1. The Hall–Kier alpha value is -2.75. The SMILES string of the molecule is C=CCOC(=O)C1=C(C)Nc2nc(SCc3ccccc3Cl)nn2C1c1ccc(Br)c(O)c1. The van der Waals surface area contributed by atoms with E-state index in [0.29, 0.717) is 43.2 Å². The van der Waals surface area contributed by atoms with E-state index < -0.39 is 12.0 Å². The lowest BCUT2D eigenvalue weighted by Gasteiger charge is -2.28. The molecule has 1 atom stereocenters. The van der Waals surface area contributed by atoms with Crippen LogP contribution in [-0.4, -0.2) is 32.4 Å². The molecule has 3 aromatic rings. The topological polar surface area (TPSA) is 89.3 Å². The fourth-order valence-electron chi connectivity index (χ4n) is 3.43. The molecule has 0 radical (unpaired) electrons. The number of phenols is 1. The highest BCUT2D eigenvalue weighted by Crippen LogP contribution is 2.39. The van der Waals surface area contributed by atoms with Crippen LogP contribution in [0.15, 0.2) is 76.0 Å². The fraction of sp³-hybridized carbons (Fsp3) is 0.174. The molecule has 0 spiro atoms. The van der Waals surface area contributed by atoms with Gasteiger partial charge in [0.25, 0.3) is 0 Å². The van der Waals surface area contributed by atoms with Crippen LogP contribution in [-0.2, 0) is 15.3 Å². The van der Waals surface area contributed by atoms with E-state index in [1.54, 1.807) is 23.7 Å². The zero-order valence-corrected chi connectivity index (χ0v) is 20.7. The predicted octanol–water partition coefficient (Wildman–Crippen LogP) is 5.71. The average molecular weight is 548 g/mol. The highest BCUT2D eigenvalue weighted by atomic mass is 79.9. The second kappa shape index (κ2) is 10.0. The summed E-state index contributed by atoms with van der Waals surface area (Å²) < 4.78 is 7.52. The van der Waals surface area contributed by atoms with Crippen molar-refractivity contribution in [3.8, 4) is 5.75 Å². The van der Waals surface area contributed by atoms with Crippen LogP contribution < -0.4 is 5.32 Å². The van der Waals surface area contributed by atoms with Crippen LogP contribution in [0.2, 0.25) is 5.02 Å². The third kappa shape index (κ3) is 4.95. The van der Waals surface area contributed by atoms with Gasteiger partial charge >= 0.3 is 5.97 Å². The van der Waals surface area contributed by atoms with E-state index in [1.165, 1.54) is 17.8 Å². The summed E-state index contributed by atoms with van der Waals surface area (Å²) in [4.78, 5) is 17.6. The second-order valence-corrected chi connectivity index (χ2v) is 9.41. The van der Waals surface area contributed by atoms with Crippen molar-refractivity contribution in [2.75, 3.05) is 11.9 Å². The second-order valence-electron chi connectivity index (χ2n) is 7.21. The summed E-state index contributed by atoms with van der Waals surface area (Å²) in [7, 11) is 0. The van der Waals surface area contributed by atoms with Crippen LogP contribution in [0, 0.1) is 0 Å². The monoisotopic (exact) mass is 546 g/mol. The number of nitrogens with zero attached hydrogens (tertiary/aromatic N) is 3. The number of phenolic OH excluding ortho intramolecular Hbond substituents is 1. The summed E-state index contributed by atoms with van der Waals surface area (Å²) in [6, 6.07) is 12.1. The molecule has 170 valence electrons. The zero-order valence-electron chi connectivity index (χ0n) is 17.6. The molecule has 0 amide bonds. The number of benzene rings is 2. The summed E-state index contributed by atoms with van der Waals surface area (Å²) in [6.45, 7) is 5.46. The standard InChI is InChI=1S/C23H20BrClN4O3S/c1-3-10-32-21(31)19-13(2)26-22-27-23(33-12-15-6-4-5-7-17(15)25)28-29(22)20(19)14-8-9-16(24)18(30)11-14/h3-9,11,20,30H,1,10,12H2,2H3,(H,26,27,28). The smallest absolute Gasteiger partial charge is 0.338 e. The molecule has 10 heteroatoms. The molecule has 1 unspecified atom stereocenters. The number of halogens is 2. The van der Waals surface area contributed by atoms with Crippen molar-refractivity contribution in [2.45, 2.75) is 23.9 Å². The number of carbonyl (C=O) groups excluding carboxylic acids is 1. The number of thioether (sulfide) groups is 1. The van der Waals surface area contributed by atoms with Gasteiger partial charge in [0.1, 0.15) is 18.4 Å². The Morgan fingerprint density at radius 1 is 1.39 bits per heavy atom. The molecule has 2 N–H and O–H groups in total. The van der Waals surface area contributed by atoms with Crippen molar-refractivity contribution in [3.05, 3.63) is 87.0 Å². The molecule has 7 nitrogen and oxygen atoms in total. The van der Waals surface area contributed by atoms with Gasteiger partial charge in [-0.1, -0.05) is 60.3 Å². The molecule has 0 aliphatic carbocycles. The Morgan fingerprint density at radius 2 is 2.18 bits per heavy atom. The molecule has 1 aromatic heterocycles. The van der Waals surface area contributed by atoms with Gasteiger partial charge in [-0.05, 0) is 52.2 Å². The van der Waals surface area contributed by atoms with Crippen LogP contribution in [0.4, 0.5) is 5.95 Å². The number of aromatic nitrogens is 3. The zero-order chi connectivity index (χ0) is 23.5. The van der Waals surface area contributed by atoms with Crippen molar-refractivity contribution in [2.24, 2.45) is 0 Å². The lowest BCUT2D eigenvalue weighted by Crippen LogP contribution is -2.29. The maximum Gasteiger partial charge on any atom is 0.338 e. The Bertz CT molecular complexity index is 1260. The molecule has 0 saturated heterocycles. The van der Waals surface area contributed by atoms with Crippen molar-refractivity contribution in [3.63, 3.8) is 0 Å². The average Bonchev–Trinajstić information content (AvgIpc) is 3.20. The number of hydrogen-bond acceptors (Lipinski definition) is 7. The number of rotatable bonds is 7. The molecule has 0 saturated carbocycles. The van der Waals surface area contributed by atoms with Gasteiger partial charge in [0.2, 0.25) is 11.1 Å². The molecule has 1 aliphatic rings. The van der Waals surface area contributed by atoms with E-state index in [1.807, 2.05) is 30.3 Å². The van der Waals surface area contributed by atoms with Gasteiger partial charge in [-0.25, -0.2) is 9.48 Å². The maximum atomic E-state index is 12.9. The number of esters is 1. The normalized spacial score (nSPS) is 15.1. The molecule has 0 fully saturated rings. The van der Waals surface area contributed by atoms with E-state index >= 15 is 0 Å². The van der Waals surface area contributed by atoms with Gasteiger partial charge in [0, 0.05) is 16.5 Å². The summed E-state index contributed by atoms with van der Waals surface area (Å²) in [6.07, 6.45) is 1.51. The third-order valence-corrected chi connectivity index (χ3v) is 6.91. The number of anilines is 1. The van der Waals surface area contributed by atoms with E-state index in [9.17, 15) is 9.90 Å². The number of fused-ring (bicyclic) bond motifs is 1. The molecular formula is C23H20BrClN4O3S. The first-order valence-electron chi connectivity index (χ1n) is 9.96. The van der Waals surface area contributed by atoms with Crippen LogP contribution >= 0.6 is 39.3 Å². The van der Waals surface area contributed by atoms with Gasteiger partial charge in [0.05, 0.1) is 10.0 Å². The Kier molecular flexibility index (Phi) is 7.11. The lowest BCUT2D eigenvalue weighted by molar-refractivity contribution is -0.138.